The number of anilines is 1. The number of H-pyrrole nitrogens is 1. The Morgan fingerprint density at radius 3 is 2.79 bits per heavy atom. The van der Waals surface area contributed by atoms with Gasteiger partial charge in [-0.05, 0) is 48.9 Å². The summed E-state index contributed by atoms with van der Waals surface area (Å²) in [4.78, 5) is 16.4. The van der Waals surface area contributed by atoms with E-state index < -0.39 is 0 Å². The van der Waals surface area contributed by atoms with E-state index in [4.69, 9.17) is 11.6 Å². The first-order valence-corrected chi connectivity index (χ1v) is 8.64. The van der Waals surface area contributed by atoms with Gasteiger partial charge in [0.2, 0.25) is 11.1 Å². The van der Waals surface area contributed by atoms with Crippen molar-refractivity contribution in [2.24, 2.45) is 0 Å². The zero-order chi connectivity index (χ0) is 16.9. The molecule has 0 aliphatic carbocycles. The molecule has 0 aliphatic heterocycles. The number of aromatic nitrogens is 3. The van der Waals surface area contributed by atoms with Gasteiger partial charge in [0.15, 0.2) is 5.82 Å². The fraction of sp³-hybridized carbons (Fsp3) is 0.118. The van der Waals surface area contributed by atoms with E-state index >= 15 is 0 Å². The van der Waals surface area contributed by atoms with Crippen molar-refractivity contribution in [2.45, 2.75) is 12.1 Å². The number of rotatable bonds is 5. The molecule has 2 N–H and O–H groups in total. The van der Waals surface area contributed by atoms with Gasteiger partial charge in [0.05, 0.1) is 5.75 Å². The number of halogens is 1. The predicted octanol–water partition coefficient (Wildman–Crippen LogP) is 4.16. The Bertz CT molecular complexity index is 848. The zero-order valence-corrected chi connectivity index (χ0v) is 14.5. The predicted molar refractivity (Wildman–Crippen MR) is 97.4 cm³/mol. The number of amides is 1. The number of benzene rings is 2. The number of aromatic amines is 1. The molecule has 0 saturated carbocycles. The maximum Gasteiger partial charge on any atom is 0.234 e. The lowest BCUT2D eigenvalue weighted by molar-refractivity contribution is -0.113. The van der Waals surface area contributed by atoms with Crippen LogP contribution >= 0.6 is 23.4 Å². The van der Waals surface area contributed by atoms with Crippen LogP contribution in [0.3, 0.4) is 0 Å². The lowest BCUT2D eigenvalue weighted by atomic mass is 10.2. The number of hydrogen-bond acceptors (Lipinski definition) is 4. The molecule has 5 nitrogen and oxygen atoms in total. The van der Waals surface area contributed by atoms with Crippen LogP contribution in [0.1, 0.15) is 5.56 Å². The second-order valence-corrected chi connectivity index (χ2v) is 6.56. The molecule has 0 saturated heterocycles. The number of hydrogen-bond donors (Lipinski definition) is 2. The van der Waals surface area contributed by atoms with E-state index in [2.05, 4.69) is 20.5 Å². The molecule has 0 unspecified atom stereocenters. The number of nitrogens with zero attached hydrogens (tertiary/aromatic N) is 2. The van der Waals surface area contributed by atoms with Crippen LogP contribution in [0.25, 0.3) is 11.4 Å². The number of thioether (sulfide) groups is 1. The van der Waals surface area contributed by atoms with Crippen LogP contribution in [-0.2, 0) is 4.79 Å². The van der Waals surface area contributed by atoms with Crippen molar-refractivity contribution in [3.8, 4) is 11.4 Å². The molecule has 0 fully saturated rings. The van der Waals surface area contributed by atoms with Crippen LogP contribution in [0.4, 0.5) is 5.69 Å². The SMILES string of the molecule is Cc1cccc(NC(=O)CSc2n[nH]c(-c3ccc(Cl)cc3)n2)c1. The molecule has 7 heteroatoms. The number of aryl methyl sites for hydroxylation is 1. The summed E-state index contributed by atoms with van der Waals surface area (Å²) in [6.45, 7) is 1.98. The third-order valence-electron chi connectivity index (χ3n) is 3.22. The smallest absolute Gasteiger partial charge is 0.234 e. The zero-order valence-electron chi connectivity index (χ0n) is 12.9. The molecule has 0 spiro atoms. The van der Waals surface area contributed by atoms with Crippen LogP contribution in [0.2, 0.25) is 5.02 Å². The average Bonchev–Trinajstić information content (AvgIpc) is 3.03. The summed E-state index contributed by atoms with van der Waals surface area (Å²) in [7, 11) is 0. The third kappa shape index (κ3) is 4.37. The molecule has 24 heavy (non-hydrogen) atoms. The molecular weight excluding hydrogens is 344 g/mol. The van der Waals surface area contributed by atoms with Crippen molar-refractivity contribution >= 4 is 35.0 Å². The van der Waals surface area contributed by atoms with Crippen molar-refractivity contribution in [3.05, 3.63) is 59.1 Å². The van der Waals surface area contributed by atoms with Gasteiger partial charge < -0.3 is 5.32 Å². The number of carbonyl (C=O) groups is 1. The summed E-state index contributed by atoms with van der Waals surface area (Å²) >= 11 is 7.15. The Kier molecular flexibility index (Phi) is 5.17. The minimum atomic E-state index is -0.0940. The third-order valence-corrected chi connectivity index (χ3v) is 4.32. The van der Waals surface area contributed by atoms with Crippen molar-refractivity contribution in [1.82, 2.24) is 15.2 Å². The van der Waals surface area contributed by atoms with Crippen LogP contribution < -0.4 is 5.32 Å². The summed E-state index contributed by atoms with van der Waals surface area (Å²) in [6.07, 6.45) is 0. The maximum atomic E-state index is 12.0. The van der Waals surface area contributed by atoms with E-state index in [1.165, 1.54) is 11.8 Å². The topological polar surface area (TPSA) is 70.7 Å². The molecule has 2 aromatic carbocycles. The molecule has 1 heterocycles. The van der Waals surface area contributed by atoms with Gasteiger partial charge in [-0.15, -0.1) is 5.10 Å². The molecular formula is C17H15ClN4OS. The standard InChI is InChI=1S/C17H15ClN4OS/c1-11-3-2-4-14(9-11)19-15(23)10-24-17-20-16(21-22-17)12-5-7-13(18)8-6-12/h2-9H,10H2,1H3,(H,19,23)(H,20,21,22). The molecule has 122 valence electrons. The van der Waals surface area contributed by atoms with Crippen molar-refractivity contribution in [2.75, 3.05) is 11.1 Å². The second-order valence-electron chi connectivity index (χ2n) is 5.18. The van der Waals surface area contributed by atoms with Crippen LogP contribution in [-0.4, -0.2) is 26.8 Å². The first-order chi connectivity index (χ1) is 11.6. The van der Waals surface area contributed by atoms with Gasteiger partial charge in [0.1, 0.15) is 0 Å². The molecule has 3 rings (SSSR count). The Morgan fingerprint density at radius 1 is 1.25 bits per heavy atom. The lowest BCUT2D eigenvalue weighted by Crippen LogP contribution is -2.14. The molecule has 3 aromatic rings. The minimum Gasteiger partial charge on any atom is -0.325 e. The molecule has 0 aliphatic rings. The molecule has 1 aromatic heterocycles. The van der Waals surface area contributed by atoms with E-state index in [0.29, 0.717) is 16.0 Å². The van der Waals surface area contributed by atoms with Gasteiger partial charge in [0.25, 0.3) is 0 Å². The summed E-state index contributed by atoms with van der Waals surface area (Å²) in [5, 5.41) is 11.0. The second kappa shape index (κ2) is 7.51. The van der Waals surface area contributed by atoms with Crippen LogP contribution in [0.15, 0.2) is 53.7 Å². The Labute approximate surface area is 148 Å². The van der Waals surface area contributed by atoms with Gasteiger partial charge in [-0.1, -0.05) is 35.5 Å². The van der Waals surface area contributed by atoms with Gasteiger partial charge in [-0.25, -0.2) is 4.98 Å². The highest BCUT2D eigenvalue weighted by molar-refractivity contribution is 7.99. The van der Waals surface area contributed by atoms with Gasteiger partial charge in [0, 0.05) is 16.3 Å². The lowest BCUT2D eigenvalue weighted by Gasteiger charge is -2.04. The fourth-order valence-corrected chi connectivity index (χ4v) is 2.82. The quantitative estimate of drug-likeness (QED) is 0.672. The highest BCUT2D eigenvalue weighted by atomic mass is 35.5. The van der Waals surface area contributed by atoms with Crippen LogP contribution in [0, 0.1) is 6.92 Å². The van der Waals surface area contributed by atoms with E-state index in [0.717, 1.165) is 16.8 Å². The first kappa shape index (κ1) is 16.5. The molecule has 0 bridgehead atoms. The van der Waals surface area contributed by atoms with Crippen LogP contribution in [0.5, 0.6) is 0 Å². The maximum absolute atomic E-state index is 12.0. The van der Waals surface area contributed by atoms with Crippen molar-refractivity contribution < 1.29 is 4.79 Å². The Hall–Kier alpha value is -2.31. The highest BCUT2D eigenvalue weighted by Crippen LogP contribution is 2.21. The Morgan fingerprint density at radius 2 is 2.04 bits per heavy atom. The summed E-state index contributed by atoms with van der Waals surface area (Å²) in [5.74, 6) is 0.794. The number of nitrogens with one attached hydrogen (secondary N) is 2. The Balaban J connectivity index is 1.57. The molecule has 0 radical (unpaired) electrons. The van der Waals surface area contributed by atoms with E-state index in [1.54, 1.807) is 12.1 Å². The highest BCUT2D eigenvalue weighted by Gasteiger charge is 2.09. The largest absolute Gasteiger partial charge is 0.325 e. The summed E-state index contributed by atoms with van der Waals surface area (Å²) in [6, 6.07) is 15.0. The first-order valence-electron chi connectivity index (χ1n) is 7.28. The van der Waals surface area contributed by atoms with Crippen molar-refractivity contribution in [3.63, 3.8) is 0 Å². The normalized spacial score (nSPS) is 10.6. The van der Waals surface area contributed by atoms with E-state index in [1.807, 2.05) is 43.3 Å². The molecule has 1 amide bonds. The van der Waals surface area contributed by atoms with E-state index in [-0.39, 0.29) is 11.7 Å². The minimum absolute atomic E-state index is 0.0940. The summed E-state index contributed by atoms with van der Waals surface area (Å²) in [5.41, 5.74) is 2.78. The number of carbonyl (C=O) groups excluding carboxylic acids is 1. The van der Waals surface area contributed by atoms with Crippen molar-refractivity contribution in [1.29, 1.82) is 0 Å². The van der Waals surface area contributed by atoms with Gasteiger partial charge >= 0.3 is 0 Å². The average molecular weight is 359 g/mol. The van der Waals surface area contributed by atoms with Gasteiger partial charge in [-0.2, -0.15) is 0 Å². The fourth-order valence-electron chi connectivity index (χ4n) is 2.10. The summed E-state index contributed by atoms with van der Waals surface area (Å²) < 4.78 is 0. The molecule has 0 atom stereocenters. The monoisotopic (exact) mass is 358 g/mol. The van der Waals surface area contributed by atoms with Gasteiger partial charge in [-0.3, -0.25) is 9.89 Å². The van der Waals surface area contributed by atoms with E-state index in [9.17, 15) is 4.79 Å².